The van der Waals surface area contributed by atoms with Crippen molar-refractivity contribution in [3.8, 4) is 0 Å². The first-order chi connectivity index (χ1) is 3.31. The summed E-state index contributed by atoms with van der Waals surface area (Å²) in [4.78, 5) is 0. The van der Waals surface area contributed by atoms with Crippen molar-refractivity contribution in [3.05, 3.63) is 24.3 Å². The van der Waals surface area contributed by atoms with Gasteiger partial charge in [-0.25, -0.2) is 0 Å². The molecule has 0 N–H and O–H groups in total. The van der Waals surface area contributed by atoms with Crippen molar-refractivity contribution in [2.24, 2.45) is 0 Å². The Bertz CT molecular complexity index is 82.2. The maximum atomic E-state index is 5.41. The van der Waals surface area contributed by atoms with Gasteiger partial charge in [-0.3, -0.25) is 0 Å². The van der Waals surface area contributed by atoms with Crippen LogP contribution in [-0.2, 0) is 0 Å². The van der Waals surface area contributed by atoms with Crippen LogP contribution in [0.3, 0.4) is 0 Å². The molecule has 0 unspecified atom stereocenters. The lowest BCUT2D eigenvalue weighted by atomic mass is 10.3. The second-order valence-corrected chi connectivity index (χ2v) is 1.65. The Balaban J connectivity index is 3.49. The van der Waals surface area contributed by atoms with Gasteiger partial charge in [-0.05, 0) is 6.92 Å². The van der Waals surface area contributed by atoms with E-state index in [0.29, 0.717) is 5.88 Å². The van der Waals surface area contributed by atoms with E-state index in [9.17, 15) is 0 Å². The van der Waals surface area contributed by atoms with Crippen LogP contribution in [0, 0.1) is 0 Å². The van der Waals surface area contributed by atoms with Gasteiger partial charge < -0.3 is 0 Å². The van der Waals surface area contributed by atoms with Crippen LogP contribution in [-0.4, -0.2) is 5.88 Å². The van der Waals surface area contributed by atoms with E-state index < -0.39 is 0 Å². The lowest BCUT2D eigenvalue weighted by Crippen LogP contribution is -1.71. The lowest BCUT2D eigenvalue weighted by Gasteiger charge is -1.84. The second kappa shape index (κ2) is 3.94. The minimum Gasteiger partial charge on any atom is -0.122 e. The molecule has 0 aliphatic heterocycles. The highest BCUT2D eigenvalue weighted by Crippen LogP contribution is 1.93. The Morgan fingerprint density at radius 3 is 2.57 bits per heavy atom. The topological polar surface area (TPSA) is 0 Å². The number of alkyl halides is 1. The SMILES string of the molecule is C=C/C=C(/C)CCl. The maximum absolute atomic E-state index is 5.41. The van der Waals surface area contributed by atoms with Crippen molar-refractivity contribution >= 4 is 11.6 Å². The molecule has 0 aromatic carbocycles. The molecule has 1 heteroatoms. The molecule has 7 heavy (non-hydrogen) atoms. The van der Waals surface area contributed by atoms with Crippen LogP contribution in [0.4, 0.5) is 0 Å². The molecule has 40 valence electrons. The monoisotopic (exact) mass is 116 g/mol. The summed E-state index contributed by atoms with van der Waals surface area (Å²) in [5.74, 6) is 0.603. The number of hydrogen-bond acceptors (Lipinski definition) is 0. The Morgan fingerprint density at radius 1 is 1.86 bits per heavy atom. The summed E-state index contributed by atoms with van der Waals surface area (Å²) in [5.41, 5.74) is 1.15. The van der Waals surface area contributed by atoms with Crippen LogP contribution in [0.15, 0.2) is 24.3 Å². The highest BCUT2D eigenvalue weighted by molar-refractivity contribution is 6.19. The molecule has 0 bridgehead atoms. The van der Waals surface area contributed by atoms with Gasteiger partial charge in [0, 0.05) is 5.88 Å². The van der Waals surface area contributed by atoms with E-state index in [0.717, 1.165) is 5.57 Å². The molecule has 0 atom stereocenters. The zero-order valence-corrected chi connectivity index (χ0v) is 5.20. The summed E-state index contributed by atoms with van der Waals surface area (Å²) >= 11 is 5.41. The first-order valence-corrected chi connectivity index (χ1v) is 2.69. The van der Waals surface area contributed by atoms with Gasteiger partial charge >= 0.3 is 0 Å². The molecule has 0 rings (SSSR count). The second-order valence-electron chi connectivity index (χ2n) is 1.38. The molecule has 0 saturated heterocycles. The number of halogens is 1. The maximum Gasteiger partial charge on any atom is 0.0433 e. The average Bonchev–Trinajstić information content (AvgIpc) is 1.68. The zero-order valence-electron chi connectivity index (χ0n) is 4.45. The molecule has 0 fully saturated rings. The molecule has 0 spiro atoms. The quantitative estimate of drug-likeness (QED) is 0.384. The molecule has 0 aromatic rings. The first kappa shape index (κ1) is 6.77. The fraction of sp³-hybridized carbons (Fsp3) is 0.333. The van der Waals surface area contributed by atoms with Gasteiger partial charge in [0.25, 0.3) is 0 Å². The third kappa shape index (κ3) is 3.60. The molecule has 0 nitrogen and oxygen atoms in total. The highest BCUT2D eigenvalue weighted by Gasteiger charge is 1.76. The van der Waals surface area contributed by atoms with E-state index in [1.54, 1.807) is 6.08 Å². The molecule has 0 aliphatic carbocycles. The van der Waals surface area contributed by atoms with Gasteiger partial charge in [-0.2, -0.15) is 0 Å². The van der Waals surface area contributed by atoms with Crippen molar-refractivity contribution in [2.45, 2.75) is 6.92 Å². The van der Waals surface area contributed by atoms with E-state index in [1.807, 2.05) is 13.0 Å². The molecule has 0 radical (unpaired) electrons. The van der Waals surface area contributed by atoms with Gasteiger partial charge in [0.1, 0.15) is 0 Å². The average molecular weight is 117 g/mol. The lowest BCUT2D eigenvalue weighted by molar-refractivity contribution is 1.40. The number of hydrogen-bond donors (Lipinski definition) is 0. The standard InChI is InChI=1S/C6H9Cl/c1-3-4-6(2)5-7/h3-4H,1,5H2,2H3/b6-4-. The molecule has 0 aliphatic rings. The third-order valence-electron chi connectivity index (χ3n) is 0.613. The van der Waals surface area contributed by atoms with Crippen LogP contribution in [0.25, 0.3) is 0 Å². The van der Waals surface area contributed by atoms with E-state index in [2.05, 4.69) is 6.58 Å². The predicted molar refractivity (Wildman–Crippen MR) is 34.7 cm³/mol. The number of rotatable bonds is 2. The molecule has 0 aromatic heterocycles. The summed E-state index contributed by atoms with van der Waals surface area (Å²) in [6, 6.07) is 0. The van der Waals surface area contributed by atoms with Crippen LogP contribution in [0.5, 0.6) is 0 Å². The molecular weight excluding hydrogens is 108 g/mol. The molecule has 0 saturated carbocycles. The zero-order chi connectivity index (χ0) is 5.70. The van der Waals surface area contributed by atoms with E-state index in [-0.39, 0.29) is 0 Å². The Labute approximate surface area is 49.5 Å². The van der Waals surface area contributed by atoms with Crippen LogP contribution < -0.4 is 0 Å². The van der Waals surface area contributed by atoms with E-state index in [1.165, 1.54) is 0 Å². The minimum atomic E-state index is 0.603. The molecule has 0 heterocycles. The Kier molecular flexibility index (Phi) is 3.81. The third-order valence-corrected chi connectivity index (χ3v) is 1.03. The summed E-state index contributed by atoms with van der Waals surface area (Å²) in [5, 5.41) is 0. The van der Waals surface area contributed by atoms with Crippen molar-refractivity contribution in [1.29, 1.82) is 0 Å². The van der Waals surface area contributed by atoms with Crippen LogP contribution in [0.2, 0.25) is 0 Å². The van der Waals surface area contributed by atoms with E-state index in [4.69, 9.17) is 11.6 Å². The fourth-order valence-corrected chi connectivity index (χ4v) is 0.335. The molecule has 0 amide bonds. The van der Waals surface area contributed by atoms with Gasteiger partial charge in [0.15, 0.2) is 0 Å². The van der Waals surface area contributed by atoms with Crippen molar-refractivity contribution in [2.75, 3.05) is 5.88 Å². The fourth-order valence-electron chi connectivity index (χ4n) is 0.246. The molecular formula is C6H9Cl. The Hall–Kier alpha value is -0.230. The largest absolute Gasteiger partial charge is 0.122 e. The van der Waals surface area contributed by atoms with Gasteiger partial charge in [-0.15, -0.1) is 11.6 Å². The highest BCUT2D eigenvalue weighted by atomic mass is 35.5. The van der Waals surface area contributed by atoms with Crippen molar-refractivity contribution < 1.29 is 0 Å². The van der Waals surface area contributed by atoms with Crippen molar-refractivity contribution in [1.82, 2.24) is 0 Å². The van der Waals surface area contributed by atoms with Gasteiger partial charge in [-0.1, -0.05) is 24.3 Å². The minimum absolute atomic E-state index is 0.603. The predicted octanol–water partition coefficient (Wildman–Crippen LogP) is 2.36. The van der Waals surface area contributed by atoms with E-state index >= 15 is 0 Å². The summed E-state index contributed by atoms with van der Waals surface area (Å²) in [7, 11) is 0. The van der Waals surface area contributed by atoms with Crippen LogP contribution in [0.1, 0.15) is 6.92 Å². The first-order valence-electron chi connectivity index (χ1n) is 2.15. The van der Waals surface area contributed by atoms with Crippen molar-refractivity contribution in [3.63, 3.8) is 0 Å². The van der Waals surface area contributed by atoms with Gasteiger partial charge in [0.2, 0.25) is 0 Å². The smallest absolute Gasteiger partial charge is 0.0433 e. The Morgan fingerprint density at radius 2 is 2.43 bits per heavy atom. The summed E-state index contributed by atoms with van der Waals surface area (Å²) in [6.45, 7) is 5.48. The van der Waals surface area contributed by atoms with Gasteiger partial charge in [0.05, 0.1) is 0 Å². The summed E-state index contributed by atoms with van der Waals surface area (Å²) in [6.07, 6.45) is 3.63. The normalized spacial score (nSPS) is 11.4. The summed E-state index contributed by atoms with van der Waals surface area (Å²) < 4.78 is 0. The van der Waals surface area contributed by atoms with Crippen LogP contribution >= 0.6 is 11.6 Å². The number of allylic oxidation sites excluding steroid dienone is 3.